The lowest BCUT2D eigenvalue weighted by atomic mass is 10.1. The molecule has 21 heavy (non-hydrogen) atoms. The fraction of sp³-hybridized carbons (Fsp3) is 0.733. The number of nitrogens with one attached hydrogen (secondary N) is 1. The molecule has 1 atom stereocenters. The van der Waals surface area contributed by atoms with Crippen LogP contribution in [0.3, 0.4) is 0 Å². The van der Waals surface area contributed by atoms with E-state index in [2.05, 4.69) is 11.6 Å². The van der Waals surface area contributed by atoms with Gasteiger partial charge in [0.05, 0.1) is 11.5 Å². The van der Waals surface area contributed by atoms with E-state index in [9.17, 15) is 13.5 Å². The zero-order chi connectivity index (χ0) is 16.0. The highest BCUT2D eigenvalue weighted by Crippen LogP contribution is 2.19. The average molecular weight is 316 g/mol. The minimum atomic E-state index is -3.52. The Morgan fingerprint density at radius 1 is 1.29 bits per heavy atom. The molecule has 0 bridgehead atoms. The van der Waals surface area contributed by atoms with Gasteiger partial charge >= 0.3 is 0 Å². The maximum atomic E-state index is 12.4. The molecule has 0 spiro atoms. The van der Waals surface area contributed by atoms with Crippen LogP contribution in [0.5, 0.6) is 0 Å². The van der Waals surface area contributed by atoms with Crippen molar-refractivity contribution < 1.29 is 13.5 Å². The minimum absolute atomic E-state index is 0.0819. The van der Waals surface area contributed by atoms with Crippen molar-refractivity contribution >= 4 is 10.0 Å². The Morgan fingerprint density at radius 2 is 1.95 bits per heavy atom. The second kappa shape index (κ2) is 7.96. The topological polar surface area (TPSA) is 71.3 Å². The maximum absolute atomic E-state index is 12.4. The Morgan fingerprint density at radius 3 is 2.43 bits per heavy atom. The third-order valence-corrected chi connectivity index (χ3v) is 5.09. The van der Waals surface area contributed by atoms with Crippen molar-refractivity contribution in [3.63, 3.8) is 0 Å². The summed E-state index contributed by atoms with van der Waals surface area (Å²) in [5.74, 6) is 0. The monoisotopic (exact) mass is 316 g/mol. The van der Waals surface area contributed by atoms with E-state index < -0.39 is 10.0 Å². The van der Waals surface area contributed by atoms with Crippen molar-refractivity contribution in [1.82, 2.24) is 9.29 Å². The summed E-state index contributed by atoms with van der Waals surface area (Å²) < 4.78 is 29.2. The third kappa shape index (κ3) is 5.13. The first-order valence-electron chi connectivity index (χ1n) is 7.65. The minimum Gasteiger partial charge on any atom is -0.390 e. The second-order valence-electron chi connectivity index (χ2n) is 5.84. The molecule has 0 aromatic carbocycles. The van der Waals surface area contributed by atoms with Gasteiger partial charge in [-0.15, -0.1) is 0 Å². The fourth-order valence-electron chi connectivity index (χ4n) is 2.34. The predicted molar refractivity (Wildman–Crippen MR) is 84.7 cm³/mol. The number of aliphatic hydroxyl groups is 1. The molecule has 1 rings (SSSR count). The van der Waals surface area contributed by atoms with Gasteiger partial charge in [0, 0.05) is 24.0 Å². The molecule has 0 radical (unpaired) electrons. The van der Waals surface area contributed by atoms with Crippen LogP contribution in [-0.4, -0.2) is 24.1 Å². The summed E-state index contributed by atoms with van der Waals surface area (Å²) in [5, 5.41) is 9.34. The number of hydrogen-bond acceptors (Lipinski definition) is 3. The Bertz CT molecular complexity index is 535. The average Bonchev–Trinajstić information content (AvgIpc) is 2.83. The van der Waals surface area contributed by atoms with Gasteiger partial charge in [0.1, 0.15) is 0 Å². The molecule has 0 amide bonds. The summed E-state index contributed by atoms with van der Waals surface area (Å²) in [5.41, 5.74) is 0.615. The molecule has 5 nitrogen and oxygen atoms in total. The molecular weight excluding hydrogens is 288 g/mol. The van der Waals surface area contributed by atoms with Gasteiger partial charge in [-0.2, -0.15) is 0 Å². The number of sulfonamides is 1. The van der Waals surface area contributed by atoms with E-state index >= 15 is 0 Å². The Hall–Kier alpha value is -0.850. The first-order valence-corrected chi connectivity index (χ1v) is 9.14. The normalized spacial score (nSPS) is 13.8. The number of aliphatic hydroxyl groups excluding tert-OH is 1. The van der Waals surface area contributed by atoms with Gasteiger partial charge in [-0.25, -0.2) is 13.1 Å². The highest BCUT2D eigenvalue weighted by molar-refractivity contribution is 7.89. The number of aromatic nitrogens is 1. The summed E-state index contributed by atoms with van der Waals surface area (Å²) in [6.45, 7) is 7.76. The zero-order valence-electron chi connectivity index (χ0n) is 13.5. The maximum Gasteiger partial charge on any atom is 0.242 e. The van der Waals surface area contributed by atoms with Crippen molar-refractivity contribution in [3.05, 3.63) is 18.0 Å². The number of rotatable bonds is 9. The molecule has 122 valence electrons. The van der Waals surface area contributed by atoms with E-state index in [0.29, 0.717) is 5.69 Å². The van der Waals surface area contributed by atoms with E-state index in [4.69, 9.17) is 0 Å². The van der Waals surface area contributed by atoms with Crippen LogP contribution in [0.15, 0.2) is 17.2 Å². The van der Waals surface area contributed by atoms with Gasteiger partial charge in [0.25, 0.3) is 0 Å². The Kier molecular flexibility index (Phi) is 6.90. The van der Waals surface area contributed by atoms with Crippen LogP contribution < -0.4 is 4.72 Å². The van der Waals surface area contributed by atoms with Crippen LogP contribution in [0, 0.1) is 0 Å². The molecule has 0 fully saturated rings. The van der Waals surface area contributed by atoms with E-state index in [1.165, 1.54) is 0 Å². The molecule has 1 heterocycles. The molecule has 0 saturated heterocycles. The van der Waals surface area contributed by atoms with Crippen LogP contribution >= 0.6 is 0 Å². The lowest BCUT2D eigenvalue weighted by Crippen LogP contribution is -2.32. The summed E-state index contributed by atoms with van der Waals surface area (Å²) in [6.07, 6.45) is 5.69. The van der Waals surface area contributed by atoms with Crippen LogP contribution in [0.2, 0.25) is 0 Å². The van der Waals surface area contributed by atoms with Gasteiger partial charge in [-0.1, -0.05) is 26.2 Å². The molecule has 0 saturated carbocycles. The lowest BCUT2D eigenvalue weighted by Gasteiger charge is -2.13. The highest BCUT2D eigenvalue weighted by Gasteiger charge is 2.21. The fourth-order valence-corrected chi connectivity index (χ4v) is 3.67. The van der Waals surface area contributed by atoms with Crippen molar-refractivity contribution in [2.45, 2.75) is 77.0 Å². The molecule has 0 aliphatic carbocycles. The SMILES string of the molecule is CCCCCC(C)NS(=O)(=O)c1cc(CO)n(C(C)C)c1. The summed E-state index contributed by atoms with van der Waals surface area (Å²) in [6, 6.07) is 1.57. The second-order valence-corrected chi connectivity index (χ2v) is 7.56. The predicted octanol–water partition coefficient (Wildman–Crippen LogP) is 2.81. The number of nitrogens with zero attached hydrogens (tertiary/aromatic N) is 1. The summed E-state index contributed by atoms with van der Waals surface area (Å²) >= 11 is 0. The molecule has 6 heteroatoms. The van der Waals surface area contributed by atoms with Crippen molar-refractivity contribution in [3.8, 4) is 0 Å². The van der Waals surface area contributed by atoms with Crippen LogP contribution in [0.25, 0.3) is 0 Å². The number of unbranched alkanes of at least 4 members (excludes halogenated alkanes) is 2. The first kappa shape index (κ1) is 18.2. The van der Waals surface area contributed by atoms with Gasteiger partial charge in [-0.05, 0) is 33.3 Å². The van der Waals surface area contributed by atoms with Crippen molar-refractivity contribution in [2.75, 3.05) is 0 Å². The summed E-state index contributed by atoms with van der Waals surface area (Å²) in [4.78, 5) is 0.225. The number of hydrogen-bond donors (Lipinski definition) is 2. The third-order valence-electron chi connectivity index (χ3n) is 3.53. The molecule has 1 unspecified atom stereocenters. The van der Waals surface area contributed by atoms with Gasteiger partial charge in [0.2, 0.25) is 10.0 Å². The zero-order valence-corrected chi connectivity index (χ0v) is 14.3. The standard InChI is InChI=1S/C15H28N2O3S/c1-5-6-7-8-13(4)16-21(19,20)15-9-14(11-18)17(10-15)12(2)3/h9-10,12-13,16,18H,5-8,11H2,1-4H3. The van der Waals surface area contributed by atoms with Gasteiger partial charge in [-0.3, -0.25) is 0 Å². The molecule has 1 aromatic heterocycles. The Labute approximate surface area is 128 Å². The van der Waals surface area contributed by atoms with Crippen molar-refractivity contribution in [1.29, 1.82) is 0 Å². The van der Waals surface area contributed by atoms with E-state index in [1.807, 2.05) is 20.8 Å². The van der Waals surface area contributed by atoms with Gasteiger partial charge < -0.3 is 9.67 Å². The van der Waals surface area contributed by atoms with E-state index in [1.54, 1.807) is 16.8 Å². The smallest absolute Gasteiger partial charge is 0.242 e. The van der Waals surface area contributed by atoms with Gasteiger partial charge in [0.15, 0.2) is 0 Å². The quantitative estimate of drug-likeness (QED) is 0.688. The first-order chi connectivity index (χ1) is 9.81. The van der Waals surface area contributed by atoms with Crippen LogP contribution in [0.4, 0.5) is 0 Å². The lowest BCUT2D eigenvalue weighted by molar-refractivity contribution is 0.268. The Balaban J connectivity index is 2.83. The van der Waals surface area contributed by atoms with Crippen LogP contribution in [-0.2, 0) is 16.6 Å². The van der Waals surface area contributed by atoms with E-state index in [-0.39, 0.29) is 23.6 Å². The summed E-state index contributed by atoms with van der Waals surface area (Å²) in [7, 11) is -3.52. The molecule has 0 aliphatic rings. The molecule has 1 aromatic rings. The van der Waals surface area contributed by atoms with Crippen molar-refractivity contribution in [2.24, 2.45) is 0 Å². The molecular formula is C15H28N2O3S. The van der Waals surface area contributed by atoms with E-state index in [0.717, 1.165) is 25.7 Å². The highest BCUT2D eigenvalue weighted by atomic mass is 32.2. The molecule has 2 N–H and O–H groups in total. The van der Waals surface area contributed by atoms with Crippen LogP contribution in [0.1, 0.15) is 65.1 Å². The molecule has 0 aliphatic heterocycles. The largest absolute Gasteiger partial charge is 0.390 e.